The molecule has 8 heteroatoms. The van der Waals surface area contributed by atoms with E-state index in [9.17, 15) is 14.4 Å². The number of hydrogen-bond donors (Lipinski definition) is 4. The zero-order valence-corrected chi connectivity index (χ0v) is 14.7. The van der Waals surface area contributed by atoms with E-state index in [0.29, 0.717) is 24.1 Å². The second-order valence-corrected chi connectivity index (χ2v) is 5.37. The van der Waals surface area contributed by atoms with E-state index in [2.05, 4.69) is 10.6 Å². The van der Waals surface area contributed by atoms with Crippen LogP contribution >= 0.6 is 12.4 Å². The SMILES string of the molecule is CCC(CC)(CN)C(=O)Nc1ccc(C(=O)NCC(N)=O)cc1.Cl. The van der Waals surface area contributed by atoms with E-state index in [1.165, 1.54) is 0 Å². The van der Waals surface area contributed by atoms with Gasteiger partial charge in [-0.15, -0.1) is 12.4 Å². The maximum atomic E-state index is 12.4. The Kier molecular flexibility index (Phi) is 9.02. The second-order valence-electron chi connectivity index (χ2n) is 5.37. The molecule has 0 aliphatic heterocycles. The van der Waals surface area contributed by atoms with E-state index in [0.717, 1.165) is 0 Å². The molecule has 1 aromatic rings. The average molecular weight is 357 g/mol. The van der Waals surface area contributed by atoms with Gasteiger partial charge in [-0.25, -0.2) is 0 Å². The number of carbonyl (C=O) groups is 3. The Morgan fingerprint density at radius 1 is 1.08 bits per heavy atom. The van der Waals surface area contributed by atoms with E-state index < -0.39 is 17.2 Å². The standard InChI is InChI=1S/C16H24N4O3.ClH/c1-3-16(4-2,10-17)15(23)20-12-7-5-11(6-8-12)14(22)19-9-13(18)21;/h5-8H,3-4,9-10,17H2,1-2H3,(H2,18,21)(H,19,22)(H,20,23);1H. The fourth-order valence-electron chi connectivity index (χ4n) is 2.19. The lowest BCUT2D eigenvalue weighted by atomic mass is 9.81. The molecule has 0 bridgehead atoms. The normalized spacial score (nSPS) is 10.5. The van der Waals surface area contributed by atoms with Crippen LogP contribution in [0.3, 0.4) is 0 Å². The zero-order valence-electron chi connectivity index (χ0n) is 13.9. The van der Waals surface area contributed by atoms with Crippen molar-refractivity contribution in [2.24, 2.45) is 16.9 Å². The number of nitrogens with one attached hydrogen (secondary N) is 2. The summed E-state index contributed by atoms with van der Waals surface area (Å²) in [6.07, 6.45) is 1.30. The van der Waals surface area contributed by atoms with Crippen LogP contribution in [-0.4, -0.2) is 30.8 Å². The van der Waals surface area contributed by atoms with Gasteiger partial charge in [0.1, 0.15) is 0 Å². The lowest BCUT2D eigenvalue weighted by molar-refractivity contribution is -0.125. The van der Waals surface area contributed by atoms with Crippen LogP contribution in [0.4, 0.5) is 5.69 Å². The molecule has 0 spiro atoms. The molecule has 0 saturated heterocycles. The first kappa shape index (κ1) is 21.9. The first-order valence-corrected chi connectivity index (χ1v) is 7.56. The molecule has 1 rings (SSSR count). The van der Waals surface area contributed by atoms with Crippen LogP contribution in [0.5, 0.6) is 0 Å². The molecule has 0 aliphatic rings. The summed E-state index contributed by atoms with van der Waals surface area (Å²) in [7, 11) is 0. The topological polar surface area (TPSA) is 127 Å². The van der Waals surface area contributed by atoms with Gasteiger partial charge in [0.05, 0.1) is 12.0 Å². The summed E-state index contributed by atoms with van der Waals surface area (Å²) in [4.78, 5) is 34.8. The zero-order chi connectivity index (χ0) is 17.5. The van der Waals surface area contributed by atoms with Crippen LogP contribution in [-0.2, 0) is 9.59 Å². The van der Waals surface area contributed by atoms with Crippen LogP contribution in [0, 0.1) is 5.41 Å². The molecule has 24 heavy (non-hydrogen) atoms. The second kappa shape index (κ2) is 9.89. The fraction of sp³-hybridized carbons (Fsp3) is 0.438. The minimum Gasteiger partial charge on any atom is -0.368 e. The summed E-state index contributed by atoms with van der Waals surface area (Å²) in [6.45, 7) is 3.92. The third-order valence-electron chi connectivity index (χ3n) is 4.05. The Bertz CT molecular complexity index is 563. The number of nitrogens with two attached hydrogens (primary N) is 2. The minimum absolute atomic E-state index is 0. The number of rotatable bonds is 8. The van der Waals surface area contributed by atoms with Gasteiger partial charge in [0, 0.05) is 17.8 Å². The molecule has 0 aliphatic carbocycles. The smallest absolute Gasteiger partial charge is 0.251 e. The quantitative estimate of drug-likeness (QED) is 0.554. The van der Waals surface area contributed by atoms with E-state index in [1.54, 1.807) is 24.3 Å². The predicted octanol–water partition coefficient (Wildman–Crippen LogP) is 1.03. The molecular weight excluding hydrogens is 332 g/mol. The van der Waals surface area contributed by atoms with Gasteiger partial charge in [-0.05, 0) is 37.1 Å². The van der Waals surface area contributed by atoms with Crippen molar-refractivity contribution in [1.29, 1.82) is 0 Å². The van der Waals surface area contributed by atoms with E-state index in [-0.39, 0.29) is 31.4 Å². The molecule has 1 aromatic carbocycles. The van der Waals surface area contributed by atoms with Crippen molar-refractivity contribution in [2.45, 2.75) is 26.7 Å². The highest BCUT2D eigenvalue weighted by Crippen LogP contribution is 2.27. The van der Waals surface area contributed by atoms with Gasteiger partial charge >= 0.3 is 0 Å². The van der Waals surface area contributed by atoms with Gasteiger partial charge in [-0.3, -0.25) is 14.4 Å². The van der Waals surface area contributed by atoms with Gasteiger partial charge in [0.25, 0.3) is 5.91 Å². The Morgan fingerprint density at radius 3 is 2.04 bits per heavy atom. The maximum Gasteiger partial charge on any atom is 0.251 e. The fourth-order valence-corrected chi connectivity index (χ4v) is 2.19. The van der Waals surface area contributed by atoms with Gasteiger partial charge in [-0.2, -0.15) is 0 Å². The first-order chi connectivity index (χ1) is 10.9. The maximum absolute atomic E-state index is 12.4. The number of amides is 3. The van der Waals surface area contributed by atoms with Crippen LogP contribution < -0.4 is 22.1 Å². The summed E-state index contributed by atoms with van der Waals surface area (Å²) >= 11 is 0. The largest absolute Gasteiger partial charge is 0.368 e. The highest BCUT2D eigenvalue weighted by atomic mass is 35.5. The minimum atomic E-state index is -0.612. The lowest BCUT2D eigenvalue weighted by Crippen LogP contribution is -2.41. The summed E-state index contributed by atoms with van der Waals surface area (Å²) in [5.74, 6) is -1.14. The Balaban J connectivity index is 0.00000529. The lowest BCUT2D eigenvalue weighted by Gasteiger charge is -2.28. The number of anilines is 1. The number of hydrogen-bond acceptors (Lipinski definition) is 4. The highest BCUT2D eigenvalue weighted by molar-refractivity contribution is 5.98. The Hall–Kier alpha value is -2.12. The van der Waals surface area contributed by atoms with Gasteiger partial charge in [0.2, 0.25) is 11.8 Å². The summed E-state index contributed by atoms with van der Waals surface area (Å²) in [5, 5.41) is 5.22. The van der Waals surface area contributed by atoms with E-state index in [1.807, 2.05) is 13.8 Å². The monoisotopic (exact) mass is 356 g/mol. The molecule has 0 saturated carbocycles. The molecule has 0 unspecified atom stereocenters. The van der Waals surface area contributed by atoms with Gasteiger partial charge in [-0.1, -0.05) is 13.8 Å². The van der Waals surface area contributed by atoms with Crippen molar-refractivity contribution in [3.63, 3.8) is 0 Å². The van der Waals surface area contributed by atoms with Crippen molar-refractivity contribution in [3.05, 3.63) is 29.8 Å². The van der Waals surface area contributed by atoms with Crippen LogP contribution in [0.25, 0.3) is 0 Å². The van der Waals surface area contributed by atoms with Crippen molar-refractivity contribution >= 4 is 35.8 Å². The van der Waals surface area contributed by atoms with Crippen LogP contribution in [0.15, 0.2) is 24.3 Å². The molecule has 6 N–H and O–H groups in total. The molecule has 0 heterocycles. The van der Waals surface area contributed by atoms with E-state index in [4.69, 9.17) is 11.5 Å². The summed E-state index contributed by atoms with van der Waals surface area (Å²) < 4.78 is 0. The molecule has 7 nitrogen and oxygen atoms in total. The average Bonchev–Trinajstić information content (AvgIpc) is 2.55. The number of halogens is 1. The van der Waals surface area contributed by atoms with E-state index >= 15 is 0 Å². The van der Waals surface area contributed by atoms with Crippen molar-refractivity contribution in [2.75, 3.05) is 18.4 Å². The van der Waals surface area contributed by atoms with Crippen molar-refractivity contribution < 1.29 is 14.4 Å². The first-order valence-electron chi connectivity index (χ1n) is 7.56. The van der Waals surface area contributed by atoms with Crippen molar-refractivity contribution in [1.82, 2.24) is 5.32 Å². The molecule has 0 radical (unpaired) electrons. The van der Waals surface area contributed by atoms with Crippen LogP contribution in [0.1, 0.15) is 37.0 Å². The molecule has 0 fully saturated rings. The predicted molar refractivity (Wildman–Crippen MR) is 95.9 cm³/mol. The number of primary amides is 1. The third kappa shape index (κ3) is 5.50. The molecular formula is C16H25ClN4O3. The molecule has 0 aromatic heterocycles. The van der Waals surface area contributed by atoms with Gasteiger partial charge in [0.15, 0.2) is 0 Å². The molecule has 3 amide bonds. The third-order valence-corrected chi connectivity index (χ3v) is 4.05. The Labute approximate surface area is 147 Å². The number of carbonyl (C=O) groups excluding carboxylic acids is 3. The van der Waals surface area contributed by atoms with Crippen LogP contribution in [0.2, 0.25) is 0 Å². The molecule has 0 atom stereocenters. The number of benzene rings is 1. The summed E-state index contributed by atoms with van der Waals surface area (Å²) in [6, 6.07) is 6.38. The Morgan fingerprint density at radius 2 is 1.62 bits per heavy atom. The summed E-state index contributed by atoms with van der Waals surface area (Å²) in [5.41, 5.74) is 11.1. The van der Waals surface area contributed by atoms with Gasteiger partial charge < -0.3 is 22.1 Å². The van der Waals surface area contributed by atoms with Crippen molar-refractivity contribution in [3.8, 4) is 0 Å². The molecule has 134 valence electrons. The highest BCUT2D eigenvalue weighted by Gasteiger charge is 2.33.